The summed E-state index contributed by atoms with van der Waals surface area (Å²) in [5, 5.41) is 4.16. The molecule has 1 saturated carbocycles. The molecule has 1 amide bonds. The first-order chi connectivity index (χ1) is 16.9. The van der Waals surface area contributed by atoms with E-state index in [1.54, 1.807) is 28.9 Å². The van der Waals surface area contributed by atoms with Crippen LogP contribution in [-0.4, -0.2) is 43.6 Å². The molecule has 3 atom stereocenters. The van der Waals surface area contributed by atoms with Gasteiger partial charge in [-0.15, -0.1) is 22.7 Å². The number of fused-ring (bicyclic) bond motifs is 2. The van der Waals surface area contributed by atoms with Crippen molar-refractivity contribution in [2.45, 2.75) is 77.3 Å². The normalized spacial score (nSPS) is 23.6. The van der Waals surface area contributed by atoms with Gasteiger partial charge in [0.05, 0.1) is 26.3 Å². The van der Waals surface area contributed by atoms with Crippen molar-refractivity contribution in [2.75, 3.05) is 0 Å². The minimum absolute atomic E-state index is 0.169. The third-order valence-electron chi connectivity index (χ3n) is 7.65. The van der Waals surface area contributed by atoms with Crippen LogP contribution in [-0.2, 0) is 11.2 Å². The first-order valence-corrected chi connectivity index (χ1v) is 14.3. The summed E-state index contributed by atoms with van der Waals surface area (Å²) in [5.41, 5.74) is 3.62. The van der Waals surface area contributed by atoms with E-state index in [0.29, 0.717) is 42.3 Å². The van der Waals surface area contributed by atoms with E-state index in [0.717, 1.165) is 70.5 Å². The Balaban J connectivity index is 1.06. The minimum Gasteiger partial charge on any atom is -0.336 e. The Bertz CT molecular complexity index is 1250. The summed E-state index contributed by atoms with van der Waals surface area (Å²) in [6.45, 7) is 4.04. The highest BCUT2D eigenvalue weighted by Crippen LogP contribution is 2.43. The Morgan fingerprint density at radius 2 is 1.83 bits per heavy atom. The molecule has 2 aliphatic heterocycles. The fourth-order valence-electron chi connectivity index (χ4n) is 5.85. The Morgan fingerprint density at radius 1 is 1.06 bits per heavy atom. The molecule has 1 unspecified atom stereocenters. The number of ketones is 1. The number of pyridine rings is 1. The van der Waals surface area contributed by atoms with Crippen molar-refractivity contribution in [1.29, 1.82) is 0 Å². The van der Waals surface area contributed by atoms with Crippen molar-refractivity contribution in [1.82, 2.24) is 19.9 Å². The van der Waals surface area contributed by atoms with Crippen molar-refractivity contribution < 1.29 is 9.59 Å². The van der Waals surface area contributed by atoms with Crippen LogP contribution in [0, 0.1) is 25.7 Å². The van der Waals surface area contributed by atoms with Gasteiger partial charge in [-0.05, 0) is 70.4 Å². The number of rotatable bonds is 7. The molecule has 6 rings (SSSR count). The van der Waals surface area contributed by atoms with Gasteiger partial charge < -0.3 is 4.90 Å². The highest BCUT2D eigenvalue weighted by atomic mass is 32.1. The average molecular weight is 507 g/mol. The van der Waals surface area contributed by atoms with E-state index in [1.807, 2.05) is 26.0 Å². The van der Waals surface area contributed by atoms with Crippen molar-refractivity contribution >= 4 is 34.4 Å². The third kappa shape index (κ3) is 4.70. The molecular formula is C27H30N4O2S2. The maximum atomic E-state index is 13.0. The van der Waals surface area contributed by atoms with Crippen LogP contribution in [0.3, 0.4) is 0 Å². The highest BCUT2D eigenvalue weighted by molar-refractivity contribution is 7.16. The molecule has 3 aliphatic rings. The summed E-state index contributed by atoms with van der Waals surface area (Å²) < 4.78 is 0. The standard InChI is InChI=1S/C27H30N4O2S2/c1-15-26(35-16(2)29-15)23-14-34-25(30-23)12-20-6-5-19(13-28-20)24(32)11-17-9-21-7-8-22(10-17)31(21)27(33)18-3-4-18/h5-6,13-14,17-18,21-22H,3-4,7-12H2,1-2H3/t17?,21-,22+. The maximum absolute atomic E-state index is 13.0. The van der Waals surface area contributed by atoms with Crippen molar-refractivity contribution in [3.63, 3.8) is 0 Å². The molecular weight excluding hydrogens is 476 g/mol. The van der Waals surface area contributed by atoms with Crippen LogP contribution in [0.4, 0.5) is 0 Å². The molecule has 182 valence electrons. The summed E-state index contributed by atoms with van der Waals surface area (Å²) in [7, 11) is 0. The SMILES string of the molecule is Cc1nc(C)c(-c2csc(Cc3ccc(C(=O)CC4C[C@H]5CC[C@@H](C4)N5C(=O)C4CC4)cn3)n2)s1. The first-order valence-electron chi connectivity index (χ1n) is 12.6. The smallest absolute Gasteiger partial charge is 0.226 e. The minimum atomic E-state index is 0.169. The van der Waals surface area contributed by atoms with Crippen LogP contribution >= 0.6 is 22.7 Å². The maximum Gasteiger partial charge on any atom is 0.226 e. The molecule has 0 N–H and O–H groups in total. The van der Waals surface area contributed by atoms with Gasteiger partial charge >= 0.3 is 0 Å². The number of aryl methyl sites for hydroxylation is 2. The Labute approximate surface area is 213 Å². The second-order valence-corrected chi connectivity index (χ2v) is 12.5. The summed E-state index contributed by atoms with van der Waals surface area (Å²) in [6, 6.07) is 4.56. The van der Waals surface area contributed by atoms with E-state index in [4.69, 9.17) is 4.98 Å². The number of carbonyl (C=O) groups is 2. The lowest BCUT2D eigenvalue weighted by atomic mass is 9.85. The van der Waals surface area contributed by atoms with Crippen LogP contribution in [0.15, 0.2) is 23.7 Å². The molecule has 5 heterocycles. The fourth-order valence-corrected chi connectivity index (χ4v) is 7.61. The fraction of sp³-hybridized carbons (Fsp3) is 0.519. The van der Waals surface area contributed by atoms with Gasteiger partial charge in [0, 0.05) is 53.7 Å². The number of nitrogens with zero attached hydrogens (tertiary/aromatic N) is 4. The van der Waals surface area contributed by atoms with Gasteiger partial charge in [0.25, 0.3) is 0 Å². The summed E-state index contributed by atoms with van der Waals surface area (Å²) in [4.78, 5) is 42.9. The van der Waals surface area contributed by atoms with Crippen LogP contribution in [0.25, 0.3) is 10.6 Å². The zero-order valence-corrected chi connectivity index (χ0v) is 21.8. The first kappa shape index (κ1) is 23.0. The number of amides is 1. The lowest BCUT2D eigenvalue weighted by molar-refractivity contribution is -0.137. The van der Waals surface area contributed by atoms with Crippen molar-refractivity contribution in [3.8, 4) is 10.6 Å². The van der Waals surface area contributed by atoms with Crippen molar-refractivity contribution in [3.05, 3.63) is 50.7 Å². The monoisotopic (exact) mass is 506 g/mol. The van der Waals surface area contributed by atoms with Gasteiger partial charge in [-0.3, -0.25) is 14.6 Å². The van der Waals surface area contributed by atoms with Gasteiger partial charge in [0.1, 0.15) is 0 Å². The predicted molar refractivity (Wildman–Crippen MR) is 138 cm³/mol. The molecule has 3 aromatic heterocycles. The van der Waals surface area contributed by atoms with Crippen LogP contribution in [0.1, 0.15) is 76.7 Å². The average Bonchev–Trinajstić information content (AvgIpc) is 3.42. The Morgan fingerprint density at radius 3 is 2.46 bits per heavy atom. The number of aromatic nitrogens is 3. The van der Waals surface area contributed by atoms with E-state index in [2.05, 4.69) is 20.2 Å². The second kappa shape index (κ2) is 9.21. The number of hydrogen-bond donors (Lipinski definition) is 0. The largest absolute Gasteiger partial charge is 0.336 e. The van der Waals surface area contributed by atoms with Gasteiger partial charge in [0.2, 0.25) is 5.91 Å². The predicted octanol–water partition coefficient (Wildman–Crippen LogP) is 5.62. The molecule has 6 nitrogen and oxygen atoms in total. The molecule has 1 aliphatic carbocycles. The summed E-state index contributed by atoms with van der Waals surface area (Å²) >= 11 is 3.31. The number of Topliss-reactive ketones (excluding diaryl/α,β-unsaturated/α-hetero) is 1. The van der Waals surface area contributed by atoms with E-state index >= 15 is 0 Å². The molecule has 3 fully saturated rings. The van der Waals surface area contributed by atoms with E-state index < -0.39 is 0 Å². The van der Waals surface area contributed by atoms with E-state index in [-0.39, 0.29) is 11.7 Å². The number of piperidine rings is 1. The van der Waals surface area contributed by atoms with Crippen LogP contribution in [0.5, 0.6) is 0 Å². The topological polar surface area (TPSA) is 76.1 Å². The molecule has 3 aromatic rings. The molecule has 2 saturated heterocycles. The molecule has 35 heavy (non-hydrogen) atoms. The molecule has 8 heteroatoms. The Kier molecular flexibility index (Phi) is 6.05. The quantitative estimate of drug-likeness (QED) is 0.389. The lowest BCUT2D eigenvalue weighted by Crippen LogP contribution is -2.47. The molecule has 0 aromatic carbocycles. The molecule has 0 spiro atoms. The van der Waals surface area contributed by atoms with Crippen molar-refractivity contribution in [2.24, 2.45) is 11.8 Å². The number of hydrogen-bond acceptors (Lipinski definition) is 7. The van der Waals surface area contributed by atoms with Gasteiger partial charge in [-0.1, -0.05) is 0 Å². The summed E-state index contributed by atoms with van der Waals surface area (Å²) in [5.74, 6) is 1.21. The Hall–Kier alpha value is -2.45. The lowest BCUT2D eigenvalue weighted by Gasteiger charge is -2.39. The van der Waals surface area contributed by atoms with Crippen LogP contribution < -0.4 is 0 Å². The zero-order valence-electron chi connectivity index (χ0n) is 20.2. The van der Waals surface area contributed by atoms with Gasteiger partial charge in [-0.25, -0.2) is 9.97 Å². The van der Waals surface area contributed by atoms with Gasteiger partial charge in [0.15, 0.2) is 5.78 Å². The third-order valence-corrected chi connectivity index (χ3v) is 9.60. The summed E-state index contributed by atoms with van der Waals surface area (Å²) in [6.07, 6.45) is 9.22. The van der Waals surface area contributed by atoms with Crippen LogP contribution in [0.2, 0.25) is 0 Å². The number of carbonyl (C=O) groups excluding carboxylic acids is 2. The molecule has 2 bridgehead atoms. The second-order valence-electron chi connectivity index (χ2n) is 10.4. The van der Waals surface area contributed by atoms with Gasteiger partial charge in [-0.2, -0.15) is 0 Å². The molecule has 0 radical (unpaired) electrons. The van der Waals surface area contributed by atoms with E-state index in [1.165, 1.54) is 0 Å². The van der Waals surface area contributed by atoms with E-state index in [9.17, 15) is 9.59 Å². The zero-order chi connectivity index (χ0) is 24.1. The highest BCUT2D eigenvalue weighted by Gasteiger charge is 2.47. The number of thiazole rings is 2.